The standard InChI is InChI=1S/C70H74N6.Cu/c1-65(2,3)46-30-43(31-47(36-46)66(4,5)6)61-52-22-24-54(73-52)62(44-32-48(67(7,8)9)37-49(33-44)68(10,11)12)56-26-28-58(75-56)64(60-41(39-71)20-19-21-42(60)40-72)59-29-27-57(76-59)63(55-25-23-53(61)74-55)45-34-50(69(13,14)15)38-51(35-45)70(16,17)18;/h19-38H,1-18H3;/q-2;+2. The second kappa shape index (κ2) is 19.8. The second-order valence-electron chi connectivity index (χ2n) is 27.2. The molecule has 0 atom stereocenters. The molecular formula is C70H74CuN6. The van der Waals surface area contributed by atoms with Crippen LogP contribution in [-0.2, 0) is 49.6 Å². The van der Waals surface area contributed by atoms with E-state index < -0.39 is 0 Å². The number of nitriles is 2. The van der Waals surface area contributed by atoms with Gasteiger partial charge in [-0.1, -0.05) is 210 Å². The molecule has 2 aliphatic heterocycles. The molecule has 0 spiro atoms. The molecule has 3 aromatic heterocycles. The Kier molecular flexibility index (Phi) is 14.4. The van der Waals surface area contributed by atoms with E-state index in [0.29, 0.717) is 33.5 Å². The van der Waals surface area contributed by atoms with Crippen LogP contribution in [0.15, 0.2) is 97.1 Å². The molecule has 0 amide bonds. The van der Waals surface area contributed by atoms with Gasteiger partial charge in [-0.3, -0.25) is 0 Å². The second-order valence-corrected chi connectivity index (χ2v) is 27.2. The van der Waals surface area contributed by atoms with Gasteiger partial charge in [0.2, 0.25) is 0 Å². The Hall–Kier alpha value is -7.02. The van der Waals surface area contributed by atoms with Gasteiger partial charge in [-0.25, -0.2) is 9.97 Å². The topological polar surface area (TPSA) is 102 Å². The molecule has 7 heteroatoms. The summed E-state index contributed by atoms with van der Waals surface area (Å²) in [5.74, 6) is 0. The first kappa shape index (κ1) is 56.2. The molecule has 4 aromatic carbocycles. The Morgan fingerprint density at radius 1 is 0.325 bits per heavy atom. The van der Waals surface area contributed by atoms with Crippen molar-refractivity contribution < 1.29 is 17.1 Å². The minimum Gasteiger partial charge on any atom is -0.657 e. The fourth-order valence-electron chi connectivity index (χ4n) is 10.2. The maximum Gasteiger partial charge on any atom is 2.00 e. The molecule has 395 valence electrons. The van der Waals surface area contributed by atoms with Crippen molar-refractivity contribution in [2.24, 2.45) is 0 Å². The van der Waals surface area contributed by atoms with E-state index in [-0.39, 0.29) is 49.6 Å². The molecule has 0 unspecified atom stereocenters. The zero-order chi connectivity index (χ0) is 55.2. The third kappa shape index (κ3) is 11.1. The number of hydrogen-bond acceptors (Lipinski definition) is 4. The Balaban J connectivity index is 0.00000784. The molecular weight excluding hydrogens is 988 g/mol. The van der Waals surface area contributed by atoms with Crippen LogP contribution in [0.5, 0.6) is 0 Å². The van der Waals surface area contributed by atoms with Gasteiger partial charge >= 0.3 is 17.1 Å². The van der Waals surface area contributed by atoms with Crippen molar-refractivity contribution in [3.8, 4) is 56.6 Å². The quantitative estimate of drug-likeness (QED) is 0.163. The summed E-state index contributed by atoms with van der Waals surface area (Å²) in [6.07, 6.45) is 8.36. The van der Waals surface area contributed by atoms with Crippen molar-refractivity contribution in [3.63, 3.8) is 0 Å². The first-order valence-corrected chi connectivity index (χ1v) is 26.8. The zero-order valence-electron chi connectivity index (χ0n) is 48.5. The molecule has 0 fully saturated rings. The van der Waals surface area contributed by atoms with Crippen LogP contribution >= 0.6 is 0 Å². The summed E-state index contributed by atoms with van der Waals surface area (Å²) in [5, 5.41) is 21.6. The molecule has 77 heavy (non-hydrogen) atoms. The number of benzene rings is 4. The van der Waals surface area contributed by atoms with Crippen LogP contribution in [0.4, 0.5) is 0 Å². The van der Waals surface area contributed by atoms with E-state index in [4.69, 9.17) is 19.9 Å². The summed E-state index contributed by atoms with van der Waals surface area (Å²) in [5.41, 5.74) is 19.8. The van der Waals surface area contributed by atoms with Crippen molar-refractivity contribution in [2.45, 2.75) is 157 Å². The molecule has 9 rings (SSSR count). The number of rotatable bonds is 4. The van der Waals surface area contributed by atoms with Crippen LogP contribution in [-0.4, -0.2) is 9.97 Å². The number of aromatic nitrogens is 4. The van der Waals surface area contributed by atoms with Gasteiger partial charge in [0.25, 0.3) is 0 Å². The van der Waals surface area contributed by atoms with Crippen molar-refractivity contribution in [2.75, 3.05) is 0 Å². The minimum atomic E-state index is -0.163. The van der Waals surface area contributed by atoms with Crippen LogP contribution in [0, 0.1) is 22.7 Å². The fraction of sp³-hybridized carbons (Fsp3) is 0.343. The molecule has 2 aliphatic rings. The smallest absolute Gasteiger partial charge is 0.657 e. The van der Waals surface area contributed by atoms with Crippen LogP contribution < -0.4 is 9.97 Å². The van der Waals surface area contributed by atoms with E-state index in [1.54, 1.807) is 18.2 Å². The molecule has 5 heterocycles. The maximum atomic E-state index is 10.8. The van der Waals surface area contributed by atoms with E-state index in [0.717, 1.165) is 67.0 Å². The Labute approximate surface area is 469 Å². The van der Waals surface area contributed by atoms with Gasteiger partial charge in [-0.15, -0.1) is 22.1 Å². The predicted octanol–water partition coefficient (Wildman–Crippen LogP) is 18.1. The summed E-state index contributed by atoms with van der Waals surface area (Å²) < 4.78 is 0. The predicted molar refractivity (Wildman–Crippen MR) is 320 cm³/mol. The zero-order valence-corrected chi connectivity index (χ0v) is 49.5. The molecule has 7 aromatic rings. The third-order valence-electron chi connectivity index (χ3n) is 15.0. The van der Waals surface area contributed by atoms with Gasteiger partial charge in [0, 0.05) is 5.56 Å². The van der Waals surface area contributed by atoms with Crippen LogP contribution in [0.3, 0.4) is 0 Å². The van der Waals surface area contributed by atoms with E-state index >= 15 is 0 Å². The first-order chi connectivity index (χ1) is 35.3. The molecule has 0 N–H and O–H groups in total. The average Bonchev–Trinajstić information content (AvgIpc) is 4.26. The number of fused-ring (bicyclic) bond motifs is 8. The number of nitrogens with zero attached hydrogens (tertiary/aromatic N) is 6. The maximum absolute atomic E-state index is 10.8. The van der Waals surface area contributed by atoms with Crippen LogP contribution in [0.2, 0.25) is 0 Å². The van der Waals surface area contributed by atoms with Gasteiger partial charge < -0.3 is 9.97 Å². The summed E-state index contributed by atoms with van der Waals surface area (Å²) in [6.45, 7) is 40.8. The molecule has 0 saturated heterocycles. The SMILES string of the molecule is CC(C)(C)c1cc(-c2c3nc(c(-c4cc(C(C)(C)C)cc(C(C)(C)C)c4)c4ccc([n-]4)c(-c4c(C#N)cccc4C#N)c4nc(c(-c5cc(C(C)(C)C)cc(C(C)(C)C)c5)c5ccc2[n-]5)C=C4)C=C3)cc(C(C)(C)C)c1.[Cu+2]. The average molecular weight is 1060 g/mol. The van der Waals surface area contributed by atoms with Gasteiger partial charge in [0.1, 0.15) is 0 Å². The van der Waals surface area contributed by atoms with E-state index in [2.05, 4.69) is 228 Å². The molecule has 6 nitrogen and oxygen atoms in total. The van der Waals surface area contributed by atoms with E-state index in [1.165, 1.54) is 33.4 Å². The first-order valence-electron chi connectivity index (χ1n) is 26.8. The molecule has 8 bridgehead atoms. The summed E-state index contributed by atoms with van der Waals surface area (Å²) in [7, 11) is 0. The number of hydrogen-bond donors (Lipinski definition) is 0. The summed E-state index contributed by atoms with van der Waals surface area (Å²) in [4.78, 5) is 22.6. The molecule has 0 aliphatic carbocycles. The third-order valence-corrected chi connectivity index (χ3v) is 15.0. The largest absolute Gasteiger partial charge is 2.00 e. The monoisotopic (exact) mass is 1060 g/mol. The fourth-order valence-corrected chi connectivity index (χ4v) is 10.2. The van der Waals surface area contributed by atoms with Crippen molar-refractivity contribution in [1.29, 1.82) is 10.5 Å². The van der Waals surface area contributed by atoms with Gasteiger partial charge in [-0.2, -0.15) is 10.5 Å². The Bertz CT molecular complexity index is 3630. The minimum absolute atomic E-state index is 0. The van der Waals surface area contributed by atoms with Crippen molar-refractivity contribution in [1.82, 2.24) is 19.9 Å². The van der Waals surface area contributed by atoms with Crippen LogP contribution in [0.1, 0.15) is 192 Å². The van der Waals surface area contributed by atoms with E-state index in [1.807, 2.05) is 12.1 Å². The van der Waals surface area contributed by atoms with Gasteiger partial charge in [0.15, 0.2) is 0 Å². The Morgan fingerprint density at radius 3 is 0.792 bits per heavy atom. The van der Waals surface area contributed by atoms with Gasteiger partial charge in [-0.05, 0) is 141 Å². The normalized spacial score (nSPS) is 13.1. The van der Waals surface area contributed by atoms with E-state index in [9.17, 15) is 10.5 Å². The molecule has 1 radical (unpaired) electrons. The van der Waals surface area contributed by atoms with Crippen LogP contribution in [0.25, 0.3) is 90.9 Å². The van der Waals surface area contributed by atoms with Crippen molar-refractivity contribution >= 4 is 46.4 Å². The molecule has 0 saturated carbocycles. The summed E-state index contributed by atoms with van der Waals surface area (Å²) in [6, 6.07) is 39.4. The Morgan fingerprint density at radius 2 is 0.558 bits per heavy atom. The summed E-state index contributed by atoms with van der Waals surface area (Å²) >= 11 is 0. The van der Waals surface area contributed by atoms with Gasteiger partial charge in [0.05, 0.1) is 46.0 Å². The van der Waals surface area contributed by atoms with Crippen molar-refractivity contribution in [3.05, 3.63) is 164 Å².